The topological polar surface area (TPSA) is 110 Å². The van der Waals surface area contributed by atoms with Crippen LogP contribution in [0.25, 0.3) is 0 Å². The molecular weight excluding hydrogens is 295 g/mol. The summed E-state index contributed by atoms with van der Waals surface area (Å²) in [5.41, 5.74) is 0. The molecule has 0 saturated carbocycles. The van der Waals surface area contributed by atoms with Crippen molar-refractivity contribution in [3.63, 3.8) is 0 Å². The molecule has 0 unspecified atom stereocenters. The van der Waals surface area contributed by atoms with Gasteiger partial charge in [-0.05, 0) is 0 Å². The fourth-order valence-electron chi connectivity index (χ4n) is 0. The van der Waals surface area contributed by atoms with Crippen LogP contribution >= 0.6 is 0 Å². The molecule has 1 N–H and O–H groups in total. The van der Waals surface area contributed by atoms with E-state index in [0.29, 0.717) is 0 Å². The third-order valence-electron chi connectivity index (χ3n) is 0. The molecule has 0 aromatic rings. The van der Waals surface area contributed by atoms with E-state index in [-0.39, 0.29) is 57.9 Å². The van der Waals surface area contributed by atoms with Gasteiger partial charge in [0, 0.05) is 10.4 Å². The summed E-state index contributed by atoms with van der Waals surface area (Å²) in [6, 6.07) is 0. The maximum atomic E-state index is 8.52. The molecule has 0 saturated heterocycles. The Labute approximate surface area is 85.0 Å². The first-order valence-corrected chi connectivity index (χ1v) is 2.00. The average molecular weight is 296 g/mol. The predicted octanol–water partition coefficient (Wildman–Crippen LogP) is -1.52. The van der Waals surface area contributed by atoms with Crippen molar-refractivity contribution in [3.8, 4) is 0 Å². The number of hydrogen-bond donors (Lipinski definition) is 0. The molecular formula is HO5SZr2+5. The van der Waals surface area contributed by atoms with E-state index in [4.69, 9.17) is 17.5 Å². The molecule has 0 rings (SSSR count). The van der Waals surface area contributed by atoms with Gasteiger partial charge in [-0.3, -0.25) is 8.42 Å². The monoisotopic (exact) mass is 293 g/mol. The molecule has 0 aliphatic heterocycles. The van der Waals surface area contributed by atoms with E-state index in [1.54, 1.807) is 0 Å². The van der Waals surface area contributed by atoms with Crippen molar-refractivity contribution < 1.29 is 75.4 Å². The Morgan fingerprint density at radius 1 is 1.00 bits per heavy atom. The van der Waals surface area contributed by atoms with Gasteiger partial charge < -0.3 is 14.6 Å². The second-order valence-corrected chi connectivity index (χ2v) is 1.22. The Balaban J connectivity index is -0.0000000267. The second kappa shape index (κ2) is 8.60. The van der Waals surface area contributed by atoms with Gasteiger partial charge in [0.2, 0.25) is 0 Å². The maximum Gasteiger partial charge on any atom is 4.00 e. The van der Waals surface area contributed by atoms with E-state index in [1.165, 1.54) is 0 Å². The zero-order valence-electron chi connectivity index (χ0n) is 3.49. The van der Waals surface area contributed by atoms with Crippen molar-refractivity contribution in [2.45, 2.75) is 0 Å². The Morgan fingerprint density at radius 2 is 1.00 bits per heavy atom. The maximum absolute atomic E-state index is 8.52. The minimum absolute atomic E-state index is 0. The van der Waals surface area contributed by atoms with Crippen LogP contribution in [-0.4, -0.2) is 23.0 Å². The molecule has 0 fully saturated rings. The van der Waals surface area contributed by atoms with Crippen molar-refractivity contribution in [1.29, 1.82) is 0 Å². The molecule has 8 heteroatoms. The summed E-state index contributed by atoms with van der Waals surface area (Å²) in [5.74, 6) is 0. The van der Waals surface area contributed by atoms with E-state index in [9.17, 15) is 0 Å². The summed E-state index contributed by atoms with van der Waals surface area (Å²) in [7, 11) is -5.17. The first-order valence-electron chi connectivity index (χ1n) is 0.667. The molecule has 0 aromatic carbocycles. The van der Waals surface area contributed by atoms with Gasteiger partial charge in [0.1, 0.15) is 0 Å². The fourth-order valence-corrected chi connectivity index (χ4v) is 0. The van der Waals surface area contributed by atoms with Gasteiger partial charge in [0.05, 0.1) is 0 Å². The number of rotatable bonds is 0. The Morgan fingerprint density at radius 3 is 1.00 bits per heavy atom. The molecule has 0 atom stereocenters. The largest absolute Gasteiger partial charge is 4.00 e. The SMILES string of the molecule is O=S(=O)([O-])[O-].[OH-].[Zr+4].[Zr+4]. The zero-order valence-corrected chi connectivity index (χ0v) is 9.22. The van der Waals surface area contributed by atoms with E-state index >= 15 is 0 Å². The standard InChI is InChI=1S/H2O4S.H2O.2Zr/c1-5(2,3)4;;;/h(H2,1,2,3,4);1H2;;/q;;2*+4/p-3. The van der Waals surface area contributed by atoms with Gasteiger partial charge in [-0.1, -0.05) is 0 Å². The van der Waals surface area contributed by atoms with Crippen molar-refractivity contribution in [3.05, 3.63) is 0 Å². The van der Waals surface area contributed by atoms with E-state index in [1.807, 2.05) is 0 Å². The Hall–Kier alpha value is 1.60. The molecule has 5 nitrogen and oxygen atoms in total. The summed E-state index contributed by atoms with van der Waals surface area (Å²) in [4.78, 5) is 0. The van der Waals surface area contributed by atoms with E-state index in [2.05, 4.69) is 0 Å². The first-order chi connectivity index (χ1) is 2.00. The first kappa shape index (κ1) is 22.6. The van der Waals surface area contributed by atoms with Gasteiger partial charge in [-0.2, -0.15) is 0 Å². The molecule has 0 heterocycles. The van der Waals surface area contributed by atoms with Crippen LogP contribution < -0.4 is 0 Å². The molecule has 0 aromatic heterocycles. The van der Waals surface area contributed by atoms with Crippen molar-refractivity contribution in [2.75, 3.05) is 0 Å². The molecule has 0 spiro atoms. The third kappa shape index (κ3) is 130. The van der Waals surface area contributed by atoms with Gasteiger partial charge in [-0.25, -0.2) is 0 Å². The summed E-state index contributed by atoms with van der Waals surface area (Å²) < 4.78 is 34.1. The molecule has 40 valence electrons. The predicted molar refractivity (Wildman–Crippen MR) is 12.4 cm³/mol. The fraction of sp³-hybridized carbons (Fsp3) is 0. The van der Waals surface area contributed by atoms with Gasteiger partial charge >= 0.3 is 52.4 Å². The molecule has 0 aliphatic rings. The smallest absolute Gasteiger partial charge is 0.870 e. The summed E-state index contributed by atoms with van der Waals surface area (Å²) in [6.07, 6.45) is 0. The zero-order chi connectivity index (χ0) is 4.50. The quantitative estimate of drug-likeness (QED) is 0.398. The van der Waals surface area contributed by atoms with Crippen LogP contribution in [0, 0.1) is 0 Å². The van der Waals surface area contributed by atoms with Gasteiger partial charge in [0.25, 0.3) is 0 Å². The van der Waals surface area contributed by atoms with Gasteiger partial charge in [-0.15, -0.1) is 0 Å². The molecule has 0 aliphatic carbocycles. The van der Waals surface area contributed by atoms with Crippen LogP contribution in [0.3, 0.4) is 0 Å². The van der Waals surface area contributed by atoms with Crippen molar-refractivity contribution >= 4 is 10.4 Å². The van der Waals surface area contributed by atoms with Crippen LogP contribution in [-0.2, 0) is 62.8 Å². The summed E-state index contributed by atoms with van der Waals surface area (Å²) in [6.45, 7) is 0. The molecule has 0 amide bonds. The van der Waals surface area contributed by atoms with Crippen LogP contribution in [0.15, 0.2) is 0 Å². The van der Waals surface area contributed by atoms with Crippen LogP contribution in [0.5, 0.6) is 0 Å². The summed E-state index contributed by atoms with van der Waals surface area (Å²) in [5, 5.41) is 0. The minimum Gasteiger partial charge on any atom is -0.870 e. The third-order valence-corrected chi connectivity index (χ3v) is 0. The van der Waals surface area contributed by atoms with Crippen LogP contribution in [0.4, 0.5) is 0 Å². The van der Waals surface area contributed by atoms with E-state index < -0.39 is 10.4 Å². The van der Waals surface area contributed by atoms with Crippen molar-refractivity contribution in [1.82, 2.24) is 0 Å². The average Bonchev–Trinajstić information content (AvgIpc) is 0.722. The molecule has 0 bridgehead atoms. The number of hydrogen-bond acceptors (Lipinski definition) is 5. The normalized spacial score (nSPS) is 7.25. The molecule has 0 radical (unpaired) electrons. The van der Waals surface area contributed by atoms with Crippen LogP contribution in [0.2, 0.25) is 0 Å². The molecule has 8 heavy (non-hydrogen) atoms. The van der Waals surface area contributed by atoms with Gasteiger partial charge in [0.15, 0.2) is 0 Å². The Bertz CT molecular complexity index is 93.6. The van der Waals surface area contributed by atoms with Crippen molar-refractivity contribution in [2.24, 2.45) is 0 Å². The second-order valence-electron chi connectivity index (χ2n) is 0.408. The Kier molecular flexibility index (Phi) is 24.3. The minimum atomic E-state index is -5.17. The van der Waals surface area contributed by atoms with E-state index in [0.717, 1.165) is 0 Å². The summed E-state index contributed by atoms with van der Waals surface area (Å²) >= 11 is 0. The van der Waals surface area contributed by atoms with Crippen LogP contribution in [0.1, 0.15) is 0 Å².